The predicted octanol–water partition coefficient (Wildman–Crippen LogP) is 3.66. The molecule has 0 amide bonds. The zero-order chi connectivity index (χ0) is 22.8. The molecule has 2 aromatic heterocycles. The molecule has 0 saturated carbocycles. The highest BCUT2D eigenvalue weighted by atomic mass is 16.5. The van der Waals surface area contributed by atoms with Crippen molar-refractivity contribution in [2.24, 2.45) is 13.0 Å². The number of imidazole rings is 1. The Labute approximate surface area is 188 Å². The van der Waals surface area contributed by atoms with E-state index in [4.69, 9.17) is 9.72 Å². The molecule has 1 unspecified atom stereocenters. The van der Waals surface area contributed by atoms with Crippen LogP contribution in [0.25, 0.3) is 11.2 Å². The van der Waals surface area contributed by atoms with Gasteiger partial charge >= 0.3 is 5.69 Å². The maximum Gasteiger partial charge on any atom is 0.332 e. The van der Waals surface area contributed by atoms with E-state index in [1.807, 2.05) is 28.8 Å². The zero-order valence-corrected chi connectivity index (χ0v) is 19.5. The minimum absolute atomic E-state index is 0.235. The molecule has 0 spiro atoms. The molecule has 0 saturated heterocycles. The van der Waals surface area contributed by atoms with Crippen LogP contribution in [0.1, 0.15) is 46.0 Å². The minimum atomic E-state index is -0.294. The van der Waals surface area contributed by atoms with Gasteiger partial charge in [0.05, 0.1) is 7.11 Å². The van der Waals surface area contributed by atoms with E-state index in [1.54, 1.807) is 14.2 Å². The van der Waals surface area contributed by atoms with Gasteiger partial charge in [-0.3, -0.25) is 13.9 Å². The smallest absolute Gasteiger partial charge is 0.332 e. The highest BCUT2D eigenvalue weighted by Crippen LogP contribution is 2.33. The van der Waals surface area contributed by atoms with Gasteiger partial charge in [-0.15, -0.1) is 0 Å². The fourth-order valence-corrected chi connectivity index (χ4v) is 4.56. The van der Waals surface area contributed by atoms with Gasteiger partial charge in [0, 0.05) is 32.4 Å². The Morgan fingerprint density at radius 3 is 2.47 bits per heavy atom. The largest absolute Gasteiger partial charge is 0.497 e. The summed E-state index contributed by atoms with van der Waals surface area (Å²) >= 11 is 0. The Balaban J connectivity index is 1.78. The molecule has 8 heteroatoms. The fourth-order valence-electron chi connectivity index (χ4n) is 4.56. The number of nitrogens with zero attached hydrogens (tertiary/aromatic N) is 5. The number of hydrogen-bond donors (Lipinski definition) is 0. The fraction of sp³-hybridized carbons (Fsp3) is 0.542. The lowest BCUT2D eigenvalue weighted by Crippen LogP contribution is -2.40. The lowest BCUT2D eigenvalue weighted by Gasteiger charge is -2.33. The lowest BCUT2D eigenvalue weighted by atomic mass is 10.1. The summed E-state index contributed by atoms with van der Waals surface area (Å²) in [4.78, 5) is 33.3. The Morgan fingerprint density at radius 2 is 1.78 bits per heavy atom. The average Bonchev–Trinajstić information content (AvgIpc) is 3.18. The van der Waals surface area contributed by atoms with Crippen molar-refractivity contribution >= 4 is 22.8 Å². The third-order valence-electron chi connectivity index (χ3n) is 6.31. The number of hydrogen-bond acceptors (Lipinski definition) is 5. The first-order valence-electron chi connectivity index (χ1n) is 11.6. The molecule has 3 aromatic rings. The van der Waals surface area contributed by atoms with Crippen LogP contribution in [0.3, 0.4) is 0 Å². The maximum absolute atomic E-state index is 13.4. The number of aromatic nitrogens is 4. The van der Waals surface area contributed by atoms with Crippen LogP contribution in [-0.2, 0) is 20.1 Å². The normalized spacial score (nSPS) is 15.9. The molecular weight excluding hydrogens is 406 g/mol. The van der Waals surface area contributed by atoms with Gasteiger partial charge in [0.1, 0.15) is 5.75 Å². The highest BCUT2D eigenvalue weighted by molar-refractivity contribution is 5.77. The third-order valence-corrected chi connectivity index (χ3v) is 6.31. The Kier molecular flexibility index (Phi) is 6.39. The first kappa shape index (κ1) is 22.2. The van der Waals surface area contributed by atoms with Gasteiger partial charge in [0.2, 0.25) is 5.95 Å². The molecule has 32 heavy (non-hydrogen) atoms. The van der Waals surface area contributed by atoms with Crippen molar-refractivity contribution < 1.29 is 4.74 Å². The minimum Gasteiger partial charge on any atom is -0.497 e. The number of fused-ring (bicyclic) bond motifs is 3. The molecule has 1 atom stereocenters. The van der Waals surface area contributed by atoms with Crippen LogP contribution in [0.15, 0.2) is 33.9 Å². The number of anilines is 2. The summed E-state index contributed by atoms with van der Waals surface area (Å²) in [6, 6.07) is 7.83. The lowest BCUT2D eigenvalue weighted by molar-refractivity contribution is 0.414. The number of rotatable bonds is 8. The van der Waals surface area contributed by atoms with Gasteiger partial charge in [-0.25, -0.2) is 4.79 Å². The SMILES string of the molecule is CCCCCCCn1c(=O)c2c(nc3n2CC(C)CN3c2ccc(OC)cc2)n(C)c1=O. The van der Waals surface area contributed by atoms with Gasteiger partial charge in [-0.1, -0.05) is 39.5 Å². The van der Waals surface area contributed by atoms with Crippen LogP contribution in [0, 0.1) is 5.92 Å². The monoisotopic (exact) mass is 439 g/mol. The first-order chi connectivity index (χ1) is 15.5. The molecule has 172 valence electrons. The number of methoxy groups -OCH3 is 1. The van der Waals surface area contributed by atoms with E-state index in [0.29, 0.717) is 36.1 Å². The summed E-state index contributed by atoms with van der Waals surface area (Å²) in [5.74, 6) is 1.81. The van der Waals surface area contributed by atoms with Crippen molar-refractivity contribution in [3.05, 3.63) is 45.1 Å². The van der Waals surface area contributed by atoms with Crippen molar-refractivity contribution in [1.82, 2.24) is 18.7 Å². The maximum atomic E-state index is 13.4. The van der Waals surface area contributed by atoms with E-state index >= 15 is 0 Å². The summed E-state index contributed by atoms with van der Waals surface area (Å²) in [6.07, 6.45) is 5.33. The molecule has 0 N–H and O–H groups in total. The molecule has 1 aromatic carbocycles. The van der Waals surface area contributed by atoms with Crippen molar-refractivity contribution in [3.63, 3.8) is 0 Å². The number of unbranched alkanes of at least 4 members (excludes halogenated alkanes) is 4. The number of ether oxygens (including phenoxy) is 1. The van der Waals surface area contributed by atoms with E-state index in [-0.39, 0.29) is 11.2 Å². The van der Waals surface area contributed by atoms with E-state index in [0.717, 1.165) is 37.2 Å². The summed E-state index contributed by atoms with van der Waals surface area (Å²) in [5.41, 5.74) is 1.42. The molecule has 0 aliphatic carbocycles. The van der Waals surface area contributed by atoms with Crippen LogP contribution in [0.4, 0.5) is 11.6 Å². The van der Waals surface area contributed by atoms with E-state index in [9.17, 15) is 9.59 Å². The summed E-state index contributed by atoms with van der Waals surface area (Å²) in [6.45, 7) is 6.27. The molecule has 1 aliphatic heterocycles. The topological polar surface area (TPSA) is 74.3 Å². The van der Waals surface area contributed by atoms with E-state index in [2.05, 4.69) is 18.7 Å². The average molecular weight is 440 g/mol. The van der Waals surface area contributed by atoms with Crippen LogP contribution < -0.4 is 20.9 Å². The van der Waals surface area contributed by atoms with Gasteiger partial charge in [-0.05, 0) is 36.6 Å². The molecule has 3 heterocycles. The summed E-state index contributed by atoms with van der Waals surface area (Å²) < 4.78 is 10.2. The van der Waals surface area contributed by atoms with Crippen LogP contribution >= 0.6 is 0 Å². The Bertz CT molecular complexity index is 1210. The van der Waals surface area contributed by atoms with E-state index in [1.165, 1.54) is 22.0 Å². The van der Waals surface area contributed by atoms with E-state index < -0.39 is 0 Å². The quantitative estimate of drug-likeness (QED) is 0.501. The molecule has 0 bridgehead atoms. The molecule has 1 aliphatic rings. The van der Waals surface area contributed by atoms with Crippen LogP contribution in [0.2, 0.25) is 0 Å². The van der Waals surface area contributed by atoms with Gasteiger partial charge in [-0.2, -0.15) is 4.98 Å². The molecule has 0 radical (unpaired) electrons. The van der Waals surface area contributed by atoms with Crippen molar-refractivity contribution in [2.75, 3.05) is 18.6 Å². The van der Waals surface area contributed by atoms with Gasteiger partial charge < -0.3 is 14.2 Å². The molecule has 8 nitrogen and oxygen atoms in total. The first-order valence-corrected chi connectivity index (χ1v) is 11.6. The number of aryl methyl sites for hydroxylation is 1. The van der Waals surface area contributed by atoms with Crippen molar-refractivity contribution in [2.45, 2.75) is 59.0 Å². The zero-order valence-electron chi connectivity index (χ0n) is 19.5. The second-order valence-electron chi connectivity index (χ2n) is 8.82. The van der Waals surface area contributed by atoms with Gasteiger partial charge in [0.15, 0.2) is 11.2 Å². The molecule has 4 rings (SSSR count). The molecular formula is C24H33N5O3. The Hall–Kier alpha value is -3.03. The second-order valence-corrected chi connectivity index (χ2v) is 8.82. The van der Waals surface area contributed by atoms with Crippen LogP contribution in [-0.4, -0.2) is 32.3 Å². The highest BCUT2D eigenvalue weighted by Gasteiger charge is 2.29. The van der Waals surface area contributed by atoms with Gasteiger partial charge in [0.25, 0.3) is 5.56 Å². The van der Waals surface area contributed by atoms with Crippen LogP contribution in [0.5, 0.6) is 5.75 Å². The van der Waals surface area contributed by atoms with Crippen molar-refractivity contribution in [1.29, 1.82) is 0 Å². The van der Waals surface area contributed by atoms with Crippen molar-refractivity contribution in [3.8, 4) is 5.75 Å². The predicted molar refractivity (Wildman–Crippen MR) is 127 cm³/mol. The summed E-state index contributed by atoms with van der Waals surface area (Å²) in [5, 5.41) is 0. The third kappa shape index (κ3) is 3.94. The standard InChI is InChI=1S/C24H33N5O3/c1-5-6-7-8-9-14-27-22(30)20-21(26(3)24(27)31)25-23-28(15-17(2)16-29(20)23)18-10-12-19(32-4)13-11-18/h10-13,17H,5-9,14-16H2,1-4H3. The number of benzene rings is 1. The summed E-state index contributed by atoms with van der Waals surface area (Å²) in [7, 11) is 3.35. The second kappa shape index (κ2) is 9.22. The Morgan fingerprint density at radius 1 is 1.06 bits per heavy atom. The molecule has 0 fully saturated rings.